The van der Waals surface area contributed by atoms with Crippen molar-refractivity contribution in [2.24, 2.45) is 0 Å². The van der Waals surface area contributed by atoms with Crippen molar-refractivity contribution in [1.29, 1.82) is 0 Å². The Hall–Kier alpha value is -2.82. The highest BCUT2D eigenvalue weighted by Crippen LogP contribution is 2.39. The number of carbonyl (C=O) groups is 2. The van der Waals surface area contributed by atoms with Gasteiger partial charge in [-0.25, -0.2) is 0 Å². The largest absolute Gasteiger partial charge is 0.371 e. The van der Waals surface area contributed by atoms with E-state index >= 15 is 0 Å². The number of rotatable bonds is 7. The van der Waals surface area contributed by atoms with Gasteiger partial charge in [-0.05, 0) is 55.5 Å². The Bertz CT molecular complexity index is 811. The van der Waals surface area contributed by atoms with Crippen LogP contribution in [-0.2, 0) is 11.3 Å². The summed E-state index contributed by atoms with van der Waals surface area (Å²) >= 11 is 0. The van der Waals surface area contributed by atoms with Gasteiger partial charge in [-0.1, -0.05) is 30.3 Å². The molecule has 0 atom stereocenters. The molecule has 134 valence electrons. The summed E-state index contributed by atoms with van der Waals surface area (Å²) < 4.78 is 0. The Morgan fingerprint density at radius 2 is 1.77 bits per heavy atom. The van der Waals surface area contributed by atoms with E-state index in [0.29, 0.717) is 18.2 Å². The summed E-state index contributed by atoms with van der Waals surface area (Å²) in [6.45, 7) is 0.418. The Balaban J connectivity index is 1.35. The first-order chi connectivity index (χ1) is 12.6. The minimum Gasteiger partial charge on any atom is -0.371 e. The third-order valence-corrected chi connectivity index (χ3v) is 4.90. The highest BCUT2D eigenvalue weighted by Gasteiger charge is 2.49. The molecule has 0 unspecified atom stereocenters. The van der Waals surface area contributed by atoms with E-state index in [1.807, 2.05) is 54.6 Å². The molecular formula is C21H23N3O2. The number of para-hydroxylation sites is 1. The fourth-order valence-electron chi connectivity index (χ4n) is 3.00. The zero-order valence-corrected chi connectivity index (χ0v) is 14.6. The van der Waals surface area contributed by atoms with Crippen LogP contribution in [0.4, 0.5) is 5.69 Å². The van der Waals surface area contributed by atoms with Gasteiger partial charge in [0.1, 0.15) is 5.54 Å². The van der Waals surface area contributed by atoms with Crippen molar-refractivity contribution in [3.63, 3.8) is 0 Å². The number of carbonyl (C=O) groups excluding carboxylic acids is 2. The van der Waals surface area contributed by atoms with E-state index in [1.54, 1.807) is 0 Å². The standard InChI is InChI=1S/C21H23N3O2/c25-19(23-17-9-10-17)16-6-4-5-15(13-16)14-22-20(26)21(11-12-21)24-18-7-2-1-3-8-18/h1-8,13,17,24H,9-12,14H2,(H,22,26)(H,23,25). The van der Waals surface area contributed by atoms with Gasteiger partial charge in [-0.2, -0.15) is 0 Å². The lowest BCUT2D eigenvalue weighted by Crippen LogP contribution is -2.41. The average Bonchev–Trinajstić information content (AvgIpc) is 3.58. The van der Waals surface area contributed by atoms with Crippen LogP contribution in [0.5, 0.6) is 0 Å². The number of amides is 2. The molecule has 2 fully saturated rings. The second-order valence-electron chi connectivity index (χ2n) is 7.20. The molecule has 0 heterocycles. The maximum atomic E-state index is 12.6. The predicted octanol–water partition coefficient (Wildman–Crippen LogP) is 2.84. The summed E-state index contributed by atoms with van der Waals surface area (Å²) in [5.41, 5.74) is 2.03. The highest BCUT2D eigenvalue weighted by molar-refractivity contribution is 5.95. The van der Waals surface area contributed by atoms with Gasteiger partial charge in [-0.15, -0.1) is 0 Å². The van der Waals surface area contributed by atoms with Crippen LogP contribution >= 0.6 is 0 Å². The summed E-state index contributed by atoms with van der Waals surface area (Å²) in [4.78, 5) is 24.8. The van der Waals surface area contributed by atoms with E-state index in [2.05, 4.69) is 16.0 Å². The molecule has 2 amide bonds. The Kier molecular flexibility index (Phi) is 4.37. The van der Waals surface area contributed by atoms with Gasteiger partial charge in [-0.3, -0.25) is 9.59 Å². The Morgan fingerprint density at radius 3 is 2.46 bits per heavy atom. The van der Waals surface area contributed by atoms with E-state index in [1.165, 1.54) is 0 Å². The molecule has 0 radical (unpaired) electrons. The van der Waals surface area contributed by atoms with Crippen molar-refractivity contribution in [3.8, 4) is 0 Å². The molecule has 0 spiro atoms. The molecule has 3 N–H and O–H groups in total. The van der Waals surface area contributed by atoms with E-state index in [0.717, 1.165) is 36.9 Å². The second-order valence-corrected chi connectivity index (χ2v) is 7.20. The molecule has 2 aliphatic carbocycles. The molecule has 0 aliphatic heterocycles. The fraction of sp³-hybridized carbons (Fsp3) is 0.333. The molecule has 0 saturated heterocycles. The molecule has 2 aliphatic rings. The quantitative estimate of drug-likeness (QED) is 0.720. The minimum absolute atomic E-state index is 0.00851. The summed E-state index contributed by atoms with van der Waals surface area (Å²) in [5, 5.41) is 9.34. The van der Waals surface area contributed by atoms with Gasteiger partial charge in [0.2, 0.25) is 5.91 Å². The van der Waals surface area contributed by atoms with Crippen molar-refractivity contribution < 1.29 is 9.59 Å². The van der Waals surface area contributed by atoms with Crippen LogP contribution in [0.15, 0.2) is 54.6 Å². The van der Waals surface area contributed by atoms with Gasteiger partial charge in [0.25, 0.3) is 5.91 Å². The number of benzene rings is 2. The molecule has 5 nitrogen and oxygen atoms in total. The summed E-state index contributed by atoms with van der Waals surface area (Å²) in [7, 11) is 0. The summed E-state index contributed by atoms with van der Waals surface area (Å²) in [5.74, 6) is -0.0285. The third-order valence-electron chi connectivity index (χ3n) is 4.90. The SMILES string of the molecule is O=C(NC1CC1)c1cccc(CNC(=O)C2(Nc3ccccc3)CC2)c1. The van der Waals surface area contributed by atoms with E-state index in [4.69, 9.17) is 0 Å². The van der Waals surface area contributed by atoms with Crippen LogP contribution in [0.2, 0.25) is 0 Å². The summed E-state index contributed by atoms with van der Waals surface area (Å²) in [6, 6.07) is 17.6. The fourth-order valence-corrected chi connectivity index (χ4v) is 3.00. The van der Waals surface area contributed by atoms with Crippen molar-refractivity contribution in [2.45, 2.75) is 43.8 Å². The molecule has 2 aromatic carbocycles. The lowest BCUT2D eigenvalue weighted by Gasteiger charge is -2.18. The van der Waals surface area contributed by atoms with Crippen molar-refractivity contribution >= 4 is 17.5 Å². The van der Waals surface area contributed by atoms with E-state index < -0.39 is 5.54 Å². The smallest absolute Gasteiger partial charge is 0.251 e. The molecule has 5 heteroatoms. The topological polar surface area (TPSA) is 70.2 Å². The Labute approximate surface area is 153 Å². The lowest BCUT2D eigenvalue weighted by molar-refractivity contribution is -0.122. The predicted molar refractivity (Wildman–Crippen MR) is 101 cm³/mol. The van der Waals surface area contributed by atoms with Gasteiger partial charge in [0.15, 0.2) is 0 Å². The highest BCUT2D eigenvalue weighted by atomic mass is 16.2. The molecular weight excluding hydrogens is 326 g/mol. The summed E-state index contributed by atoms with van der Waals surface area (Å²) in [6.07, 6.45) is 3.80. The maximum absolute atomic E-state index is 12.6. The van der Waals surface area contributed by atoms with E-state index in [-0.39, 0.29) is 11.8 Å². The number of nitrogens with one attached hydrogen (secondary N) is 3. The zero-order valence-electron chi connectivity index (χ0n) is 14.6. The first-order valence-electron chi connectivity index (χ1n) is 9.16. The first kappa shape index (κ1) is 16.6. The van der Waals surface area contributed by atoms with Crippen molar-refractivity contribution in [3.05, 3.63) is 65.7 Å². The average molecular weight is 349 g/mol. The normalized spacial score (nSPS) is 17.2. The second kappa shape index (κ2) is 6.83. The molecule has 0 aromatic heterocycles. The van der Waals surface area contributed by atoms with Crippen LogP contribution in [0.1, 0.15) is 41.6 Å². The van der Waals surface area contributed by atoms with Crippen molar-refractivity contribution in [2.75, 3.05) is 5.32 Å². The Morgan fingerprint density at radius 1 is 1.00 bits per heavy atom. The zero-order chi connectivity index (χ0) is 18.0. The number of anilines is 1. The minimum atomic E-state index is -0.498. The molecule has 2 saturated carbocycles. The van der Waals surface area contributed by atoms with Crippen LogP contribution in [-0.4, -0.2) is 23.4 Å². The van der Waals surface area contributed by atoms with Crippen LogP contribution in [0.25, 0.3) is 0 Å². The maximum Gasteiger partial charge on any atom is 0.251 e. The van der Waals surface area contributed by atoms with Crippen LogP contribution < -0.4 is 16.0 Å². The number of hydrogen-bond acceptors (Lipinski definition) is 3. The first-order valence-corrected chi connectivity index (χ1v) is 9.16. The van der Waals surface area contributed by atoms with Crippen LogP contribution in [0.3, 0.4) is 0 Å². The van der Waals surface area contributed by atoms with Crippen LogP contribution in [0, 0.1) is 0 Å². The van der Waals surface area contributed by atoms with E-state index in [9.17, 15) is 9.59 Å². The van der Waals surface area contributed by atoms with Gasteiger partial charge < -0.3 is 16.0 Å². The third kappa shape index (κ3) is 3.87. The monoisotopic (exact) mass is 349 g/mol. The molecule has 2 aromatic rings. The van der Waals surface area contributed by atoms with Gasteiger partial charge in [0, 0.05) is 23.8 Å². The molecule has 0 bridgehead atoms. The molecule has 4 rings (SSSR count). The lowest BCUT2D eigenvalue weighted by atomic mass is 10.1. The van der Waals surface area contributed by atoms with Gasteiger partial charge in [0.05, 0.1) is 0 Å². The number of hydrogen-bond donors (Lipinski definition) is 3. The van der Waals surface area contributed by atoms with Gasteiger partial charge >= 0.3 is 0 Å². The van der Waals surface area contributed by atoms with Crippen molar-refractivity contribution in [1.82, 2.24) is 10.6 Å². The molecule has 26 heavy (non-hydrogen) atoms.